The minimum atomic E-state index is -5.22. The Morgan fingerprint density at radius 2 is 1.82 bits per heavy atom. The monoisotopic (exact) mass is 421 g/mol. The number of amides is 2. The van der Waals surface area contributed by atoms with Crippen LogP contribution in [0.4, 0.5) is 33.7 Å². The average molecular weight is 422 g/mol. The highest BCUT2D eigenvalue weighted by Gasteiger charge is 2.65. The molecule has 0 spiro atoms. The molecule has 0 radical (unpaired) electrons. The lowest BCUT2D eigenvalue weighted by molar-refractivity contribution is -0.387. The number of anilines is 1. The highest BCUT2D eigenvalue weighted by Crippen LogP contribution is 2.46. The van der Waals surface area contributed by atoms with Crippen LogP contribution in [0.1, 0.15) is 0 Å². The SMILES string of the molecule is O=C(Nc1ccc(F)c([N+](=O)[O-])c1)NC1(C(F)(F)F)Oc2ccc(Cl)cc2O1. The van der Waals surface area contributed by atoms with Gasteiger partial charge in [-0.25, -0.2) is 4.79 Å². The van der Waals surface area contributed by atoms with Gasteiger partial charge in [0, 0.05) is 22.8 Å². The van der Waals surface area contributed by atoms with Crippen LogP contribution in [-0.4, -0.2) is 23.0 Å². The van der Waals surface area contributed by atoms with Gasteiger partial charge in [0.25, 0.3) is 0 Å². The number of halogens is 5. The van der Waals surface area contributed by atoms with Crippen molar-refractivity contribution in [1.29, 1.82) is 0 Å². The van der Waals surface area contributed by atoms with Crippen LogP contribution in [0.5, 0.6) is 11.5 Å². The Bertz CT molecular complexity index is 971. The molecule has 0 bridgehead atoms. The zero-order valence-electron chi connectivity index (χ0n) is 13.3. The smallest absolute Gasteiger partial charge is 0.424 e. The molecule has 0 aromatic heterocycles. The standard InChI is InChI=1S/C15H8ClF4N3O5/c16-7-1-4-11-12(5-7)28-15(27-11,14(18,19)20)22-13(24)21-8-2-3-9(17)10(6-8)23(25)26/h1-6H,(H2,21,22,24). The summed E-state index contributed by atoms with van der Waals surface area (Å²) in [4.78, 5) is 21.7. The second kappa shape index (κ2) is 6.71. The molecular formula is C15H8ClF4N3O5. The molecule has 28 heavy (non-hydrogen) atoms. The molecule has 13 heteroatoms. The number of nitro groups is 1. The van der Waals surface area contributed by atoms with Crippen molar-refractivity contribution in [3.63, 3.8) is 0 Å². The zero-order valence-corrected chi connectivity index (χ0v) is 14.1. The number of nitrogens with zero attached hydrogens (tertiary/aromatic N) is 1. The quantitative estimate of drug-likeness (QED) is 0.439. The predicted octanol–water partition coefficient (Wildman–Crippen LogP) is 4.20. The number of benzene rings is 2. The lowest BCUT2D eigenvalue weighted by Crippen LogP contribution is -2.65. The fraction of sp³-hybridized carbons (Fsp3) is 0.133. The number of alkyl halides is 3. The lowest BCUT2D eigenvalue weighted by Gasteiger charge is -2.29. The highest BCUT2D eigenvalue weighted by molar-refractivity contribution is 6.30. The number of rotatable bonds is 3. The van der Waals surface area contributed by atoms with E-state index < -0.39 is 34.5 Å². The van der Waals surface area contributed by atoms with Gasteiger partial charge in [0.2, 0.25) is 5.82 Å². The molecule has 2 amide bonds. The molecule has 2 aromatic carbocycles. The molecule has 1 unspecified atom stereocenters. The van der Waals surface area contributed by atoms with E-state index in [0.29, 0.717) is 12.1 Å². The van der Waals surface area contributed by atoms with Crippen molar-refractivity contribution < 1.29 is 36.8 Å². The highest BCUT2D eigenvalue weighted by atomic mass is 35.5. The Hall–Kier alpha value is -3.28. The fourth-order valence-corrected chi connectivity index (χ4v) is 2.42. The van der Waals surface area contributed by atoms with E-state index in [0.717, 1.165) is 18.2 Å². The van der Waals surface area contributed by atoms with Crippen molar-refractivity contribution in [3.8, 4) is 11.5 Å². The third-order valence-electron chi connectivity index (χ3n) is 3.47. The first-order valence-electron chi connectivity index (χ1n) is 7.28. The van der Waals surface area contributed by atoms with Gasteiger partial charge in [0.15, 0.2) is 11.5 Å². The molecule has 2 N–H and O–H groups in total. The Morgan fingerprint density at radius 3 is 2.46 bits per heavy atom. The molecule has 0 saturated carbocycles. The summed E-state index contributed by atoms with van der Waals surface area (Å²) < 4.78 is 63.4. The minimum Gasteiger partial charge on any atom is -0.424 e. The molecule has 1 atom stereocenters. The number of nitro benzene ring substituents is 1. The van der Waals surface area contributed by atoms with Crippen LogP contribution < -0.4 is 20.1 Å². The summed E-state index contributed by atoms with van der Waals surface area (Å²) in [6.07, 6.45) is -5.22. The summed E-state index contributed by atoms with van der Waals surface area (Å²) in [5.74, 6) is -5.42. The summed E-state index contributed by atoms with van der Waals surface area (Å²) in [5, 5.41) is 14.2. The predicted molar refractivity (Wildman–Crippen MR) is 86.7 cm³/mol. The normalized spacial score (nSPS) is 17.9. The summed E-state index contributed by atoms with van der Waals surface area (Å²) in [6, 6.07) is 4.20. The van der Waals surface area contributed by atoms with Gasteiger partial charge in [0.05, 0.1) is 4.92 Å². The average Bonchev–Trinajstić information content (AvgIpc) is 2.94. The van der Waals surface area contributed by atoms with Crippen molar-refractivity contribution in [2.45, 2.75) is 12.1 Å². The van der Waals surface area contributed by atoms with Gasteiger partial charge in [-0.1, -0.05) is 11.6 Å². The molecular weight excluding hydrogens is 414 g/mol. The van der Waals surface area contributed by atoms with Crippen LogP contribution in [0.3, 0.4) is 0 Å². The maximum absolute atomic E-state index is 13.5. The van der Waals surface area contributed by atoms with Gasteiger partial charge in [0.1, 0.15) is 0 Å². The van der Waals surface area contributed by atoms with Crippen LogP contribution in [0.15, 0.2) is 36.4 Å². The van der Waals surface area contributed by atoms with Gasteiger partial charge in [-0.05, 0) is 24.3 Å². The van der Waals surface area contributed by atoms with Gasteiger partial charge in [-0.15, -0.1) is 0 Å². The lowest BCUT2D eigenvalue weighted by atomic mass is 10.2. The fourth-order valence-electron chi connectivity index (χ4n) is 2.26. The van der Waals surface area contributed by atoms with E-state index in [4.69, 9.17) is 21.1 Å². The number of hydrogen-bond acceptors (Lipinski definition) is 5. The van der Waals surface area contributed by atoms with E-state index in [1.807, 2.05) is 5.32 Å². The Kier molecular flexibility index (Phi) is 4.67. The molecule has 1 heterocycles. The van der Waals surface area contributed by atoms with Crippen molar-refractivity contribution in [1.82, 2.24) is 5.32 Å². The van der Waals surface area contributed by atoms with Crippen molar-refractivity contribution in [2.24, 2.45) is 0 Å². The first-order chi connectivity index (χ1) is 13.0. The van der Waals surface area contributed by atoms with E-state index in [9.17, 15) is 32.5 Å². The van der Waals surface area contributed by atoms with Gasteiger partial charge in [-0.2, -0.15) is 17.6 Å². The molecule has 0 saturated heterocycles. The molecule has 1 aliphatic heterocycles. The molecule has 148 valence electrons. The zero-order chi connectivity index (χ0) is 20.7. The Balaban J connectivity index is 1.83. The summed E-state index contributed by atoms with van der Waals surface area (Å²) in [5.41, 5.74) is -1.31. The Morgan fingerprint density at radius 1 is 1.14 bits per heavy atom. The maximum atomic E-state index is 13.5. The number of carbonyl (C=O) groups is 1. The minimum absolute atomic E-state index is 0.0726. The Labute approximate surface area is 158 Å². The largest absolute Gasteiger partial charge is 0.492 e. The van der Waals surface area contributed by atoms with E-state index in [2.05, 4.69) is 0 Å². The van der Waals surface area contributed by atoms with Crippen molar-refractivity contribution in [3.05, 3.63) is 57.4 Å². The van der Waals surface area contributed by atoms with Crippen LogP contribution in [0.25, 0.3) is 0 Å². The van der Waals surface area contributed by atoms with Crippen LogP contribution in [-0.2, 0) is 0 Å². The summed E-state index contributed by atoms with van der Waals surface area (Å²) in [7, 11) is 0. The van der Waals surface area contributed by atoms with Crippen molar-refractivity contribution in [2.75, 3.05) is 5.32 Å². The van der Waals surface area contributed by atoms with E-state index >= 15 is 0 Å². The van der Waals surface area contributed by atoms with E-state index in [-0.39, 0.29) is 22.2 Å². The topological polar surface area (TPSA) is 103 Å². The second-order valence-corrected chi connectivity index (χ2v) is 5.85. The molecule has 8 nitrogen and oxygen atoms in total. The number of carbonyl (C=O) groups excluding carboxylic acids is 1. The number of urea groups is 1. The first kappa shape index (κ1) is 19.5. The summed E-state index contributed by atoms with van der Waals surface area (Å²) >= 11 is 5.69. The van der Waals surface area contributed by atoms with E-state index in [1.165, 1.54) is 11.4 Å². The molecule has 0 fully saturated rings. The molecule has 3 rings (SSSR count). The van der Waals surface area contributed by atoms with Crippen molar-refractivity contribution >= 4 is 29.0 Å². The third-order valence-corrected chi connectivity index (χ3v) is 3.70. The van der Waals surface area contributed by atoms with Gasteiger partial charge in [-0.3, -0.25) is 15.4 Å². The number of fused-ring (bicyclic) bond motifs is 1. The third kappa shape index (κ3) is 3.58. The maximum Gasteiger partial charge on any atom is 0.492 e. The van der Waals surface area contributed by atoms with Crippen LogP contribution >= 0.6 is 11.6 Å². The summed E-state index contributed by atoms with van der Waals surface area (Å²) in [6.45, 7) is 0. The molecule has 2 aromatic rings. The van der Waals surface area contributed by atoms with Gasteiger partial charge < -0.3 is 14.8 Å². The number of nitrogens with one attached hydrogen (secondary N) is 2. The van der Waals surface area contributed by atoms with Gasteiger partial charge >= 0.3 is 23.8 Å². The molecule has 0 aliphatic carbocycles. The number of hydrogen-bond donors (Lipinski definition) is 2. The molecule has 1 aliphatic rings. The van der Waals surface area contributed by atoms with Crippen LogP contribution in [0, 0.1) is 15.9 Å². The van der Waals surface area contributed by atoms with E-state index in [1.54, 1.807) is 0 Å². The number of ether oxygens (including phenoxy) is 2. The second-order valence-electron chi connectivity index (χ2n) is 5.41. The van der Waals surface area contributed by atoms with Crippen LogP contribution in [0.2, 0.25) is 5.02 Å². The first-order valence-corrected chi connectivity index (χ1v) is 7.66.